The van der Waals surface area contributed by atoms with E-state index in [9.17, 15) is 12.8 Å². The Labute approximate surface area is 119 Å². The van der Waals surface area contributed by atoms with Gasteiger partial charge in [0.1, 0.15) is 10.7 Å². The summed E-state index contributed by atoms with van der Waals surface area (Å²) in [7, 11) is -4.08. The maximum atomic E-state index is 13.1. The molecule has 108 valence electrons. The van der Waals surface area contributed by atoms with Crippen molar-refractivity contribution in [3.05, 3.63) is 29.0 Å². The Morgan fingerprint density at radius 2 is 2.25 bits per heavy atom. The highest BCUT2D eigenvalue weighted by molar-refractivity contribution is 7.92. The zero-order chi connectivity index (χ0) is 14.8. The first-order valence-corrected chi connectivity index (χ1v) is 7.31. The first-order chi connectivity index (χ1) is 9.42. The van der Waals surface area contributed by atoms with E-state index in [0.717, 1.165) is 18.2 Å². The van der Waals surface area contributed by atoms with E-state index in [4.69, 9.17) is 16.3 Å². The molecule has 0 atom stereocenters. The lowest BCUT2D eigenvalue weighted by Crippen LogP contribution is -2.14. The highest BCUT2D eigenvalue weighted by Gasteiger charge is 2.20. The van der Waals surface area contributed by atoms with Crippen LogP contribution >= 0.6 is 11.6 Å². The van der Waals surface area contributed by atoms with E-state index in [-0.39, 0.29) is 17.0 Å². The Bertz CT molecular complexity index is 719. The molecule has 0 aliphatic rings. The normalized spacial score (nSPS) is 11.3. The average Bonchev–Trinajstić information content (AvgIpc) is 2.79. The van der Waals surface area contributed by atoms with Gasteiger partial charge in [-0.2, -0.15) is 4.98 Å². The summed E-state index contributed by atoms with van der Waals surface area (Å²) in [4.78, 5) is 3.35. The molecule has 1 aromatic carbocycles. The van der Waals surface area contributed by atoms with Crippen molar-refractivity contribution in [2.24, 2.45) is 0 Å². The van der Waals surface area contributed by atoms with Crippen LogP contribution in [0.5, 0.6) is 6.01 Å². The Hall–Kier alpha value is -1.87. The van der Waals surface area contributed by atoms with Crippen LogP contribution in [0.4, 0.5) is 10.3 Å². The maximum absolute atomic E-state index is 13.1. The molecule has 2 aromatic rings. The largest absolute Gasteiger partial charge is 0.463 e. The van der Waals surface area contributed by atoms with Crippen LogP contribution in [0, 0.1) is 5.82 Å². The Kier molecular flexibility index (Phi) is 4.09. The molecule has 7 nitrogen and oxygen atoms in total. The number of sulfonamides is 1. The van der Waals surface area contributed by atoms with Gasteiger partial charge in [-0.1, -0.05) is 11.6 Å². The number of benzene rings is 1. The molecule has 0 aliphatic heterocycles. The van der Waals surface area contributed by atoms with E-state index in [0.29, 0.717) is 6.61 Å². The second-order valence-electron chi connectivity index (χ2n) is 3.58. The zero-order valence-corrected chi connectivity index (χ0v) is 11.8. The molecule has 2 rings (SSSR count). The van der Waals surface area contributed by atoms with E-state index in [1.807, 2.05) is 0 Å². The number of H-pyrrole nitrogens is 1. The third kappa shape index (κ3) is 3.17. The molecule has 0 fully saturated rings. The molecule has 1 aromatic heterocycles. The number of nitrogens with one attached hydrogen (secondary N) is 2. The quantitative estimate of drug-likeness (QED) is 0.875. The maximum Gasteiger partial charge on any atom is 0.337 e. The minimum atomic E-state index is -4.08. The first-order valence-electron chi connectivity index (χ1n) is 5.45. The van der Waals surface area contributed by atoms with Gasteiger partial charge in [0.25, 0.3) is 10.0 Å². The van der Waals surface area contributed by atoms with Gasteiger partial charge in [0.2, 0.25) is 5.95 Å². The van der Waals surface area contributed by atoms with Crippen molar-refractivity contribution in [3.8, 4) is 6.01 Å². The number of aromatic nitrogens is 3. The molecule has 10 heteroatoms. The average molecular weight is 321 g/mol. The van der Waals surface area contributed by atoms with Gasteiger partial charge in [-0.15, -0.1) is 5.10 Å². The number of ether oxygens (including phenoxy) is 1. The molecule has 0 radical (unpaired) electrons. The monoisotopic (exact) mass is 320 g/mol. The van der Waals surface area contributed by atoms with Crippen LogP contribution in [0.15, 0.2) is 23.1 Å². The van der Waals surface area contributed by atoms with Crippen LogP contribution in [0.1, 0.15) is 6.92 Å². The van der Waals surface area contributed by atoms with Crippen molar-refractivity contribution in [1.82, 2.24) is 15.2 Å². The van der Waals surface area contributed by atoms with Gasteiger partial charge in [-0.25, -0.2) is 22.6 Å². The van der Waals surface area contributed by atoms with E-state index < -0.39 is 20.7 Å². The minimum absolute atomic E-state index is 0.00413. The smallest absolute Gasteiger partial charge is 0.337 e. The molecule has 1 heterocycles. The number of hydrogen-bond acceptors (Lipinski definition) is 5. The van der Waals surface area contributed by atoms with Crippen molar-refractivity contribution in [1.29, 1.82) is 0 Å². The van der Waals surface area contributed by atoms with E-state index in [1.54, 1.807) is 6.92 Å². The standard InChI is InChI=1S/C10H10ClFN4O3S/c1-2-19-10-13-9(14-15-10)16-20(17,18)8-5-6(12)3-4-7(8)11/h3-5H,2H2,1H3,(H2,13,14,15,16). The summed E-state index contributed by atoms with van der Waals surface area (Å²) in [6.45, 7) is 2.06. The van der Waals surface area contributed by atoms with Gasteiger partial charge in [-0.05, 0) is 25.1 Å². The van der Waals surface area contributed by atoms with Gasteiger partial charge < -0.3 is 4.74 Å². The number of halogens is 2. The van der Waals surface area contributed by atoms with Crippen molar-refractivity contribution in [2.75, 3.05) is 11.3 Å². The summed E-state index contributed by atoms with van der Waals surface area (Å²) in [5, 5.41) is 5.86. The number of anilines is 1. The summed E-state index contributed by atoms with van der Waals surface area (Å²) in [5.41, 5.74) is 0. The molecule has 0 unspecified atom stereocenters. The van der Waals surface area contributed by atoms with E-state index >= 15 is 0 Å². The SMILES string of the molecule is CCOc1n[nH]c(NS(=O)(=O)c2cc(F)ccc2Cl)n1. The molecule has 20 heavy (non-hydrogen) atoms. The predicted octanol–water partition coefficient (Wildman–Crippen LogP) is 1.80. The molecule has 0 bridgehead atoms. The van der Waals surface area contributed by atoms with Crippen LogP contribution in [0.2, 0.25) is 5.02 Å². The molecule has 0 aliphatic carbocycles. The lowest BCUT2D eigenvalue weighted by atomic mass is 10.3. The zero-order valence-electron chi connectivity index (χ0n) is 10.2. The number of hydrogen-bond donors (Lipinski definition) is 2. The van der Waals surface area contributed by atoms with Gasteiger partial charge >= 0.3 is 6.01 Å². The summed E-state index contributed by atoms with van der Waals surface area (Å²) in [6.07, 6.45) is 0. The van der Waals surface area contributed by atoms with Gasteiger partial charge in [-0.3, -0.25) is 0 Å². The number of rotatable bonds is 5. The fraction of sp³-hybridized carbons (Fsp3) is 0.200. The Balaban J connectivity index is 2.28. The highest BCUT2D eigenvalue weighted by Crippen LogP contribution is 2.23. The molecule has 0 saturated carbocycles. The first kappa shape index (κ1) is 14.5. The van der Waals surface area contributed by atoms with Crippen molar-refractivity contribution >= 4 is 27.6 Å². The van der Waals surface area contributed by atoms with Crippen LogP contribution in [0.3, 0.4) is 0 Å². The molecular formula is C10H10ClFN4O3S. The Morgan fingerprint density at radius 3 is 2.95 bits per heavy atom. The molecular weight excluding hydrogens is 311 g/mol. The van der Waals surface area contributed by atoms with E-state index in [1.165, 1.54) is 0 Å². The summed E-state index contributed by atoms with van der Waals surface area (Å²) in [5.74, 6) is -0.879. The van der Waals surface area contributed by atoms with Crippen LogP contribution < -0.4 is 9.46 Å². The summed E-state index contributed by atoms with van der Waals surface area (Å²) in [6, 6.07) is 3.01. The van der Waals surface area contributed by atoms with E-state index in [2.05, 4.69) is 19.9 Å². The molecule has 0 amide bonds. The fourth-order valence-electron chi connectivity index (χ4n) is 1.35. The summed E-state index contributed by atoms with van der Waals surface area (Å²) < 4.78 is 44.3. The van der Waals surface area contributed by atoms with Crippen LogP contribution in [-0.4, -0.2) is 30.2 Å². The lowest BCUT2D eigenvalue weighted by Gasteiger charge is -2.06. The molecule has 0 saturated heterocycles. The van der Waals surface area contributed by atoms with Crippen LogP contribution in [0.25, 0.3) is 0 Å². The van der Waals surface area contributed by atoms with Crippen molar-refractivity contribution in [2.45, 2.75) is 11.8 Å². The lowest BCUT2D eigenvalue weighted by molar-refractivity contribution is 0.314. The van der Waals surface area contributed by atoms with Gasteiger partial charge in [0.05, 0.1) is 11.6 Å². The topological polar surface area (TPSA) is 97.0 Å². The third-order valence-corrected chi connectivity index (χ3v) is 3.97. The minimum Gasteiger partial charge on any atom is -0.463 e. The molecule has 0 spiro atoms. The fourth-order valence-corrected chi connectivity index (χ4v) is 2.82. The van der Waals surface area contributed by atoms with Gasteiger partial charge in [0.15, 0.2) is 0 Å². The predicted molar refractivity (Wildman–Crippen MR) is 69.8 cm³/mol. The third-order valence-electron chi connectivity index (χ3n) is 2.15. The van der Waals surface area contributed by atoms with Crippen molar-refractivity contribution < 1.29 is 17.5 Å². The Morgan fingerprint density at radius 1 is 1.50 bits per heavy atom. The number of aromatic amines is 1. The molecule has 2 N–H and O–H groups in total. The number of nitrogens with zero attached hydrogens (tertiary/aromatic N) is 2. The second kappa shape index (κ2) is 5.63. The summed E-state index contributed by atoms with van der Waals surface area (Å²) >= 11 is 5.75. The van der Waals surface area contributed by atoms with Gasteiger partial charge in [0, 0.05) is 0 Å². The highest BCUT2D eigenvalue weighted by atomic mass is 35.5. The van der Waals surface area contributed by atoms with Crippen molar-refractivity contribution in [3.63, 3.8) is 0 Å². The van der Waals surface area contributed by atoms with Crippen LogP contribution in [-0.2, 0) is 10.0 Å². The second-order valence-corrected chi connectivity index (χ2v) is 5.64.